The molecule has 4 heteroatoms. The molecule has 0 amide bonds. The minimum atomic E-state index is -0.487. The molecule has 0 saturated heterocycles. The molecular formula is C12H14N2O2. The molecule has 0 aliphatic heterocycles. The summed E-state index contributed by atoms with van der Waals surface area (Å²) in [5.74, 6) is -0.382. The lowest BCUT2D eigenvalue weighted by molar-refractivity contribution is -0.139. The predicted molar refractivity (Wildman–Crippen MR) is 59.6 cm³/mol. The standard InChI is InChI=1S/C12H14N2O2/c1-9-4-3-5-10(6-9)11(7-13)14-8-12(15)16-2/h3-6,11,14H,8H2,1-2H3. The number of esters is 1. The van der Waals surface area contributed by atoms with E-state index in [1.807, 2.05) is 31.2 Å². The van der Waals surface area contributed by atoms with E-state index in [0.717, 1.165) is 11.1 Å². The topological polar surface area (TPSA) is 62.1 Å². The summed E-state index contributed by atoms with van der Waals surface area (Å²) in [6, 6.07) is 9.23. The Kier molecular flexibility index (Phi) is 4.49. The van der Waals surface area contributed by atoms with Crippen molar-refractivity contribution in [1.29, 1.82) is 5.26 Å². The third kappa shape index (κ3) is 3.37. The molecular weight excluding hydrogens is 204 g/mol. The largest absolute Gasteiger partial charge is 0.468 e. The van der Waals surface area contributed by atoms with Gasteiger partial charge >= 0.3 is 5.97 Å². The number of rotatable bonds is 4. The van der Waals surface area contributed by atoms with Crippen LogP contribution in [0, 0.1) is 18.3 Å². The molecule has 1 unspecified atom stereocenters. The van der Waals surface area contributed by atoms with Crippen LogP contribution in [0.5, 0.6) is 0 Å². The number of hydrogen-bond acceptors (Lipinski definition) is 4. The Balaban J connectivity index is 2.69. The van der Waals surface area contributed by atoms with Gasteiger partial charge in [0.1, 0.15) is 6.04 Å². The number of carbonyl (C=O) groups is 1. The van der Waals surface area contributed by atoms with Crippen molar-refractivity contribution in [3.63, 3.8) is 0 Å². The first-order chi connectivity index (χ1) is 7.67. The molecule has 0 aliphatic rings. The van der Waals surface area contributed by atoms with E-state index < -0.39 is 6.04 Å². The summed E-state index contributed by atoms with van der Waals surface area (Å²) in [5.41, 5.74) is 1.93. The number of nitriles is 1. The summed E-state index contributed by atoms with van der Waals surface area (Å²) < 4.78 is 4.49. The lowest BCUT2D eigenvalue weighted by atomic mass is 10.1. The fraction of sp³-hybridized carbons (Fsp3) is 0.333. The molecule has 0 radical (unpaired) electrons. The third-order valence-electron chi connectivity index (χ3n) is 2.18. The highest BCUT2D eigenvalue weighted by molar-refractivity contribution is 5.71. The van der Waals surface area contributed by atoms with Gasteiger partial charge in [0.15, 0.2) is 0 Å². The van der Waals surface area contributed by atoms with Crippen LogP contribution in [0.3, 0.4) is 0 Å². The second kappa shape index (κ2) is 5.89. The fourth-order valence-electron chi connectivity index (χ4n) is 1.35. The van der Waals surface area contributed by atoms with Gasteiger partial charge in [0, 0.05) is 0 Å². The summed E-state index contributed by atoms with van der Waals surface area (Å²) in [7, 11) is 1.32. The van der Waals surface area contributed by atoms with Crippen LogP contribution in [0.4, 0.5) is 0 Å². The van der Waals surface area contributed by atoms with Crippen molar-refractivity contribution in [3.05, 3.63) is 35.4 Å². The van der Waals surface area contributed by atoms with Crippen LogP contribution in [0.25, 0.3) is 0 Å². The van der Waals surface area contributed by atoms with Crippen LogP contribution < -0.4 is 5.32 Å². The molecule has 1 aromatic carbocycles. The Hall–Kier alpha value is -1.86. The highest BCUT2D eigenvalue weighted by Crippen LogP contribution is 2.13. The van der Waals surface area contributed by atoms with Crippen LogP contribution in [-0.2, 0) is 9.53 Å². The normalized spacial score (nSPS) is 11.6. The van der Waals surface area contributed by atoms with Crippen molar-refractivity contribution in [2.75, 3.05) is 13.7 Å². The van der Waals surface area contributed by atoms with Crippen molar-refractivity contribution < 1.29 is 9.53 Å². The van der Waals surface area contributed by atoms with Crippen LogP contribution in [-0.4, -0.2) is 19.6 Å². The van der Waals surface area contributed by atoms with Crippen LogP contribution in [0.2, 0.25) is 0 Å². The molecule has 0 bridgehead atoms. The molecule has 1 rings (SSSR count). The molecule has 0 saturated carbocycles. The highest BCUT2D eigenvalue weighted by Gasteiger charge is 2.11. The van der Waals surface area contributed by atoms with Crippen molar-refractivity contribution in [2.45, 2.75) is 13.0 Å². The molecule has 0 spiro atoms. The van der Waals surface area contributed by atoms with Crippen molar-refractivity contribution >= 4 is 5.97 Å². The number of nitrogens with one attached hydrogen (secondary N) is 1. The molecule has 0 aliphatic carbocycles. The first-order valence-electron chi connectivity index (χ1n) is 4.93. The van der Waals surface area contributed by atoms with Gasteiger partial charge in [-0.2, -0.15) is 5.26 Å². The van der Waals surface area contributed by atoms with Crippen LogP contribution in [0.1, 0.15) is 17.2 Å². The van der Waals surface area contributed by atoms with Crippen molar-refractivity contribution in [1.82, 2.24) is 5.32 Å². The molecule has 4 nitrogen and oxygen atoms in total. The van der Waals surface area contributed by atoms with E-state index in [1.165, 1.54) is 7.11 Å². The number of nitrogens with zero attached hydrogens (tertiary/aromatic N) is 1. The van der Waals surface area contributed by atoms with E-state index in [1.54, 1.807) is 0 Å². The van der Waals surface area contributed by atoms with Crippen LogP contribution in [0.15, 0.2) is 24.3 Å². The Morgan fingerprint density at radius 2 is 2.38 bits per heavy atom. The van der Waals surface area contributed by atoms with E-state index in [4.69, 9.17) is 5.26 Å². The summed E-state index contributed by atoms with van der Waals surface area (Å²) in [6.45, 7) is 1.99. The zero-order valence-electron chi connectivity index (χ0n) is 9.36. The lowest BCUT2D eigenvalue weighted by Gasteiger charge is -2.11. The maximum Gasteiger partial charge on any atom is 0.319 e. The molecule has 0 heterocycles. The summed E-state index contributed by atoms with van der Waals surface area (Å²) in [5, 5.41) is 11.8. The number of benzene rings is 1. The molecule has 0 fully saturated rings. The minimum absolute atomic E-state index is 0.0304. The number of aryl methyl sites for hydroxylation is 1. The number of hydrogen-bond donors (Lipinski definition) is 1. The van der Waals surface area contributed by atoms with Gasteiger partial charge in [0.25, 0.3) is 0 Å². The van der Waals surface area contributed by atoms with E-state index in [-0.39, 0.29) is 12.5 Å². The summed E-state index contributed by atoms with van der Waals surface area (Å²) in [6.07, 6.45) is 0. The maximum atomic E-state index is 10.9. The Bertz CT molecular complexity index is 410. The lowest BCUT2D eigenvalue weighted by Crippen LogP contribution is -2.27. The average molecular weight is 218 g/mol. The average Bonchev–Trinajstić information content (AvgIpc) is 2.29. The summed E-state index contributed by atoms with van der Waals surface area (Å²) in [4.78, 5) is 10.9. The van der Waals surface area contributed by atoms with Gasteiger partial charge in [-0.15, -0.1) is 0 Å². The number of ether oxygens (including phenoxy) is 1. The number of carbonyl (C=O) groups excluding carboxylic acids is 1. The highest BCUT2D eigenvalue weighted by atomic mass is 16.5. The van der Waals surface area contributed by atoms with Crippen LogP contribution >= 0.6 is 0 Å². The van der Waals surface area contributed by atoms with E-state index in [0.29, 0.717) is 0 Å². The fourth-order valence-corrected chi connectivity index (χ4v) is 1.35. The maximum absolute atomic E-state index is 10.9. The molecule has 1 aromatic rings. The zero-order valence-corrected chi connectivity index (χ0v) is 9.36. The molecule has 84 valence electrons. The van der Waals surface area contributed by atoms with Gasteiger partial charge in [0.2, 0.25) is 0 Å². The Labute approximate surface area is 94.8 Å². The molecule has 16 heavy (non-hydrogen) atoms. The number of methoxy groups -OCH3 is 1. The van der Waals surface area contributed by atoms with Gasteiger partial charge in [0.05, 0.1) is 19.7 Å². The molecule has 0 aromatic heterocycles. The predicted octanol–water partition coefficient (Wildman–Crippen LogP) is 1.32. The SMILES string of the molecule is COC(=O)CNC(C#N)c1cccc(C)c1. The van der Waals surface area contributed by atoms with E-state index in [9.17, 15) is 4.79 Å². The minimum Gasteiger partial charge on any atom is -0.468 e. The van der Waals surface area contributed by atoms with Crippen molar-refractivity contribution in [3.8, 4) is 6.07 Å². The van der Waals surface area contributed by atoms with E-state index >= 15 is 0 Å². The van der Waals surface area contributed by atoms with Gasteiger partial charge in [-0.05, 0) is 12.5 Å². The summed E-state index contributed by atoms with van der Waals surface area (Å²) >= 11 is 0. The Morgan fingerprint density at radius 3 is 2.94 bits per heavy atom. The first kappa shape index (κ1) is 12.2. The van der Waals surface area contributed by atoms with Gasteiger partial charge < -0.3 is 4.74 Å². The van der Waals surface area contributed by atoms with Gasteiger partial charge in [-0.25, -0.2) is 0 Å². The molecule has 1 N–H and O–H groups in total. The van der Waals surface area contributed by atoms with Gasteiger partial charge in [-0.3, -0.25) is 10.1 Å². The quantitative estimate of drug-likeness (QED) is 0.774. The monoisotopic (exact) mass is 218 g/mol. The Morgan fingerprint density at radius 1 is 1.62 bits per heavy atom. The second-order valence-corrected chi connectivity index (χ2v) is 3.43. The smallest absolute Gasteiger partial charge is 0.319 e. The van der Waals surface area contributed by atoms with Gasteiger partial charge in [-0.1, -0.05) is 29.8 Å². The van der Waals surface area contributed by atoms with Crippen molar-refractivity contribution in [2.24, 2.45) is 0 Å². The second-order valence-electron chi connectivity index (χ2n) is 3.43. The first-order valence-corrected chi connectivity index (χ1v) is 4.93. The third-order valence-corrected chi connectivity index (χ3v) is 2.18. The zero-order chi connectivity index (χ0) is 12.0. The molecule has 1 atom stereocenters. The van der Waals surface area contributed by atoms with E-state index in [2.05, 4.69) is 16.1 Å².